The lowest BCUT2D eigenvalue weighted by Gasteiger charge is -2.10. The van der Waals surface area contributed by atoms with E-state index in [0.717, 1.165) is 8.95 Å². The molecule has 0 saturated carbocycles. The van der Waals surface area contributed by atoms with Crippen molar-refractivity contribution < 1.29 is 9.53 Å². The lowest BCUT2D eigenvalue weighted by atomic mass is 10.3. The van der Waals surface area contributed by atoms with Gasteiger partial charge in [-0.25, -0.2) is 0 Å². The van der Waals surface area contributed by atoms with Crippen molar-refractivity contribution in [3.63, 3.8) is 0 Å². The highest BCUT2D eigenvalue weighted by molar-refractivity contribution is 9.11. The highest BCUT2D eigenvalue weighted by Gasteiger charge is 2.09. The molecule has 0 aliphatic carbocycles. The number of anilines is 1. The summed E-state index contributed by atoms with van der Waals surface area (Å²) in [5.74, 6) is 0.250. The Labute approximate surface area is 148 Å². The van der Waals surface area contributed by atoms with E-state index < -0.39 is 0 Å². The first-order valence-corrected chi connectivity index (χ1v) is 8.12. The molecule has 0 aromatic heterocycles. The molecule has 0 saturated heterocycles. The quantitative estimate of drug-likeness (QED) is 0.660. The maximum atomic E-state index is 11.9. The second kappa shape index (κ2) is 7.49. The fourth-order valence-corrected chi connectivity index (χ4v) is 3.01. The first-order chi connectivity index (χ1) is 9.95. The van der Waals surface area contributed by atoms with Crippen molar-refractivity contribution in [3.05, 3.63) is 55.4 Å². The van der Waals surface area contributed by atoms with E-state index in [9.17, 15) is 4.79 Å². The fraction of sp³-hybridized carbons (Fsp3) is 0.0714. The van der Waals surface area contributed by atoms with Crippen LogP contribution in [0.15, 0.2) is 45.3 Å². The number of rotatable bonds is 4. The van der Waals surface area contributed by atoms with E-state index in [1.165, 1.54) is 0 Å². The van der Waals surface area contributed by atoms with Gasteiger partial charge in [-0.2, -0.15) is 0 Å². The Balaban J connectivity index is 1.97. The minimum Gasteiger partial charge on any atom is -0.483 e. The predicted octanol–water partition coefficient (Wildman–Crippen LogP) is 5.54. The summed E-state index contributed by atoms with van der Waals surface area (Å²) in [5.41, 5.74) is 0.452. The van der Waals surface area contributed by atoms with Crippen LogP contribution in [0.4, 0.5) is 5.69 Å². The molecule has 0 atom stereocenters. The zero-order valence-corrected chi connectivity index (χ0v) is 15.2. The molecule has 0 unspecified atom stereocenters. The van der Waals surface area contributed by atoms with Crippen LogP contribution in [0.25, 0.3) is 0 Å². The molecule has 0 radical (unpaired) electrons. The molecular weight excluding hydrogens is 445 g/mol. The SMILES string of the molecule is O=C(COc1ccc(Br)cc1Br)Nc1cc(Cl)ccc1Cl. The average Bonchev–Trinajstić information content (AvgIpc) is 2.42. The molecule has 0 spiro atoms. The van der Waals surface area contributed by atoms with Crippen LogP contribution in [0, 0.1) is 0 Å². The molecule has 1 N–H and O–H groups in total. The number of ether oxygens (including phenoxy) is 1. The Kier molecular flexibility index (Phi) is 5.93. The molecule has 0 heterocycles. The molecule has 0 fully saturated rings. The second-order valence-corrected chi connectivity index (χ2v) is 6.65. The molecule has 7 heteroatoms. The zero-order chi connectivity index (χ0) is 15.4. The van der Waals surface area contributed by atoms with E-state index in [1.54, 1.807) is 24.3 Å². The molecule has 0 bridgehead atoms. The summed E-state index contributed by atoms with van der Waals surface area (Å²) in [7, 11) is 0. The number of benzene rings is 2. The van der Waals surface area contributed by atoms with Crippen LogP contribution < -0.4 is 10.1 Å². The van der Waals surface area contributed by atoms with E-state index in [1.807, 2.05) is 12.1 Å². The summed E-state index contributed by atoms with van der Waals surface area (Å²) in [6.45, 7) is -0.136. The third-order valence-electron chi connectivity index (χ3n) is 2.46. The van der Waals surface area contributed by atoms with Crippen molar-refractivity contribution in [2.75, 3.05) is 11.9 Å². The Morgan fingerprint density at radius 1 is 1.14 bits per heavy atom. The normalized spacial score (nSPS) is 10.3. The van der Waals surface area contributed by atoms with Crippen LogP contribution >= 0.6 is 55.1 Å². The molecule has 110 valence electrons. The summed E-state index contributed by atoms with van der Waals surface area (Å²) in [6.07, 6.45) is 0. The predicted molar refractivity (Wildman–Crippen MR) is 92.4 cm³/mol. The summed E-state index contributed by atoms with van der Waals surface area (Å²) < 4.78 is 7.11. The van der Waals surface area contributed by atoms with Gasteiger partial charge in [-0.05, 0) is 52.3 Å². The van der Waals surface area contributed by atoms with Crippen molar-refractivity contribution >= 4 is 66.7 Å². The molecule has 2 aromatic rings. The maximum Gasteiger partial charge on any atom is 0.262 e. The molecule has 1 amide bonds. The molecule has 0 aliphatic heterocycles. The summed E-state index contributed by atoms with van der Waals surface area (Å²) >= 11 is 18.5. The molecule has 3 nitrogen and oxygen atoms in total. The standard InChI is InChI=1S/C14H9Br2Cl2NO2/c15-8-1-4-13(10(16)5-8)21-7-14(20)19-12-6-9(17)2-3-11(12)18/h1-6H,7H2,(H,19,20). The Bertz CT molecular complexity index is 680. The van der Waals surface area contributed by atoms with Crippen LogP contribution in [0.2, 0.25) is 10.0 Å². The fourth-order valence-electron chi connectivity index (χ4n) is 1.52. The smallest absolute Gasteiger partial charge is 0.262 e. The molecule has 2 rings (SSSR count). The van der Waals surface area contributed by atoms with Crippen LogP contribution in [-0.4, -0.2) is 12.5 Å². The van der Waals surface area contributed by atoms with Crippen LogP contribution in [0.5, 0.6) is 5.75 Å². The number of carbonyl (C=O) groups is 1. The van der Waals surface area contributed by atoms with E-state index in [4.69, 9.17) is 27.9 Å². The number of carbonyl (C=O) groups excluding carboxylic acids is 1. The third kappa shape index (κ3) is 4.88. The maximum absolute atomic E-state index is 11.9. The number of nitrogens with one attached hydrogen (secondary N) is 1. The third-order valence-corrected chi connectivity index (χ3v) is 4.13. The number of hydrogen-bond acceptors (Lipinski definition) is 2. The largest absolute Gasteiger partial charge is 0.483 e. The van der Waals surface area contributed by atoms with E-state index in [2.05, 4.69) is 37.2 Å². The Morgan fingerprint density at radius 3 is 2.62 bits per heavy atom. The zero-order valence-electron chi connectivity index (χ0n) is 10.5. The minimum atomic E-state index is -0.325. The van der Waals surface area contributed by atoms with Crippen LogP contribution in [0.3, 0.4) is 0 Å². The number of amides is 1. The van der Waals surface area contributed by atoms with Gasteiger partial charge in [-0.15, -0.1) is 0 Å². The lowest BCUT2D eigenvalue weighted by molar-refractivity contribution is -0.118. The minimum absolute atomic E-state index is 0.136. The Morgan fingerprint density at radius 2 is 1.90 bits per heavy atom. The molecular formula is C14H9Br2Cl2NO2. The van der Waals surface area contributed by atoms with Gasteiger partial charge >= 0.3 is 0 Å². The van der Waals surface area contributed by atoms with Crippen molar-refractivity contribution in [2.45, 2.75) is 0 Å². The van der Waals surface area contributed by atoms with Crippen molar-refractivity contribution in [1.82, 2.24) is 0 Å². The molecule has 0 aliphatic rings. The molecule has 21 heavy (non-hydrogen) atoms. The van der Waals surface area contributed by atoms with Crippen molar-refractivity contribution in [1.29, 1.82) is 0 Å². The van der Waals surface area contributed by atoms with E-state index >= 15 is 0 Å². The van der Waals surface area contributed by atoms with Gasteiger partial charge in [-0.3, -0.25) is 4.79 Å². The van der Waals surface area contributed by atoms with Gasteiger partial charge in [0, 0.05) is 9.50 Å². The van der Waals surface area contributed by atoms with Crippen LogP contribution in [-0.2, 0) is 4.79 Å². The summed E-state index contributed by atoms with van der Waals surface area (Å²) in [4.78, 5) is 11.9. The molecule has 2 aromatic carbocycles. The van der Waals surface area contributed by atoms with Gasteiger partial charge in [0.05, 0.1) is 15.2 Å². The summed E-state index contributed by atoms with van der Waals surface area (Å²) in [6, 6.07) is 10.3. The van der Waals surface area contributed by atoms with Crippen molar-refractivity contribution in [2.24, 2.45) is 0 Å². The highest BCUT2D eigenvalue weighted by Crippen LogP contribution is 2.28. The van der Waals surface area contributed by atoms with E-state index in [0.29, 0.717) is 21.5 Å². The van der Waals surface area contributed by atoms with Gasteiger partial charge in [0.1, 0.15) is 5.75 Å². The highest BCUT2D eigenvalue weighted by atomic mass is 79.9. The second-order valence-electron chi connectivity index (χ2n) is 4.04. The van der Waals surface area contributed by atoms with Gasteiger partial charge in [0.25, 0.3) is 5.91 Å². The van der Waals surface area contributed by atoms with Gasteiger partial charge in [0.2, 0.25) is 0 Å². The monoisotopic (exact) mass is 451 g/mol. The van der Waals surface area contributed by atoms with Crippen LogP contribution in [0.1, 0.15) is 0 Å². The first-order valence-electron chi connectivity index (χ1n) is 5.78. The first kappa shape index (κ1) is 16.6. The van der Waals surface area contributed by atoms with Gasteiger partial charge in [-0.1, -0.05) is 39.1 Å². The number of hydrogen-bond donors (Lipinski definition) is 1. The Hall–Kier alpha value is -0.750. The lowest BCUT2D eigenvalue weighted by Crippen LogP contribution is -2.20. The number of halogens is 4. The van der Waals surface area contributed by atoms with Crippen molar-refractivity contribution in [3.8, 4) is 5.75 Å². The van der Waals surface area contributed by atoms with E-state index in [-0.39, 0.29) is 12.5 Å². The van der Waals surface area contributed by atoms with Gasteiger partial charge in [0.15, 0.2) is 6.61 Å². The van der Waals surface area contributed by atoms with Gasteiger partial charge < -0.3 is 10.1 Å². The average molecular weight is 454 g/mol. The summed E-state index contributed by atoms with van der Waals surface area (Å²) in [5, 5.41) is 3.55. The topological polar surface area (TPSA) is 38.3 Å².